The van der Waals surface area contributed by atoms with Crippen LogP contribution in [0.5, 0.6) is 0 Å². The number of carbonyl (C=O) groups is 1. The third kappa shape index (κ3) is 3.70. The van der Waals surface area contributed by atoms with Crippen LogP contribution in [-0.2, 0) is 9.53 Å². The average molecular weight is 129 g/mol. The molecule has 0 aliphatic carbocycles. The minimum absolute atomic E-state index is 0.0914. The molecule has 0 aromatic rings. The summed E-state index contributed by atoms with van der Waals surface area (Å²) >= 11 is 0. The molecule has 0 aromatic heterocycles. The lowest BCUT2D eigenvalue weighted by molar-refractivity contribution is -0.119. The molecule has 0 atom stereocenters. The maximum Gasteiger partial charge on any atom is 0.251 e. The van der Waals surface area contributed by atoms with E-state index in [-0.39, 0.29) is 5.91 Å². The number of nitrogens with zero attached hydrogens (tertiary/aromatic N) is 1. The largest absolute Gasteiger partial charge is 0.482 e. The average Bonchev–Trinajstić information content (AvgIpc) is 1.94. The van der Waals surface area contributed by atoms with Crippen LogP contribution in [0.25, 0.3) is 0 Å². The third-order valence-electron chi connectivity index (χ3n) is 0.705. The van der Waals surface area contributed by atoms with E-state index >= 15 is 0 Å². The molecular formula is C6H11NO2. The van der Waals surface area contributed by atoms with E-state index in [1.54, 1.807) is 0 Å². The van der Waals surface area contributed by atoms with Crippen molar-refractivity contribution in [2.45, 2.75) is 20.3 Å². The fraction of sp³-hybridized carbons (Fsp3) is 0.667. The highest BCUT2D eigenvalue weighted by atomic mass is 16.5. The maximum absolute atomic E-state index is 10.2. The van der Waals surface area contributed by atoms with Crippen molar-refractivity contribution in [1.82, 2.24) is 0 Å². The number of rotatable bonds is 0. The van der Waals surface area contributed by atoms with E-state index < -0.39 is 0 Å². The Kier molecular flexibility index (Phi) is 4.78. The van der Waals surface area contributed by atoms with Crippen molar-refractivity contribution in [3.05, 3.63) is 0 Å². The Hall–Kier alpha value is -0.860. The first-order valence-corrected chi connectivity index (χ1v) is 3.06. The second-order valence-corrected chi connectivity index (χ2v) is 1.25. The van der Waals surface area contributed by atoms with Gasteiger partial charge in [-0.1, -0.05) is 13.8 Å². The molecule has 1 aliphatic heterocycles. The van der Waals surface area contributed by atoms with Gasteiger partial charge in [-0.05, 0) is 0 Å². The van der Waals surface area contributed by atoms with Crippen molar-refractivity contribution in [1.29, 1.82) is 0 Å². The van der Waals surface area contributed by atoms with Crippen molar-refractivity contribution in [2.75, 3.05) is 6.61 Å². The molecule has 1 rings (SSSR count). The first kappa shape index (κ1) is 8.14. The number of hydrogen-bond donors (Lipinski definition) is 0. The van der Waals surface area contributed by atoms with Crippen LogP contribution in [0.1, 0.15) is 20.3 Å². The molecule has 0 unspecified atom stereocenters. The van der Waals surface area contributed by atoms with Crippen LogP contribution >= 0.6 is 0 Å². The molecule has 0 spiro atoms. The highest BCUT2D eigenvalue weighted by molar-refractivity contribution is 5.84. The van der Waals surface area contributed by atoms with Crippen LogP contribution in [0.15, 0.2) is 4.99 Å². The monoisotopic (exact) mass is 129 g/mol. The molecule has 0 radical (unpaired) electrons. The van der Waals surface area contributed by atoms with Crippen molar-refractivity contribution in [3.8, 4) is 0 Å². The summed E-state index contributed by atoms with van der Waals surface area (Å²) in [5, 5.41) is 0. The van der Waals surface area contributed by atoms with Crippen LogP contribution < -0.4 is 0 Å². The Morgan fingerprint density at radius 1 is 1.67 bits per heavy atom. The van der Waals surface area contributed by atoms with Gasteiger partial charge in [0.1, 0.15) is 0 Å². The van der Waals surface area contributed by atoms with Gasteiger partial charge in [-0.3, -0.25) is 4.79 Å². The molecule has 1 amide bonds. The standard InChI is InChI=1S/C4H5NO2.C2H6/c6-4-1-2-7-3-5-4;1-2/h3H,1-2H2;1-2H3. The molecule has 0 fully saturated rings. The predicted octanol–water partition coefficient (Wildman–Crippen LogP) is 0.988. The van der Waals surface area contributed by atoms with Gasteiger partial charge in [0.2, 0.25) is 0 Å². The number of ether oxygens (including phenoxy) is 1. The summed E-state index contributed by atoms with van der Waals surface area (Å²) in [6.45, 7) is 4.49. The molecular weight excluding hydrogens is 118 g/mol. The quantitative estimate of drug-likeness (QED) is 0.489. The first-order chi connectivity index (χ1) is 4.39. The minimum Gasteiger partial charge on any atom is -0.482 e. The summed E-state index contributed by atoms with van der Waals surface area (Å²) in [6, 6.07) is 0. The van der Waals surface area contributed by atoms with E-state index in [1.165, 1.54) is 6.40 Å². The van der Waals surface area contributed by atoms with E-state index in [1.807, 2.05) is 13.8 Å². The molecule has 3 nitrogen and oxygen atoms in total. The molecule has 3 heteroatoms. The van der Waals surface area contributed by atoms with Crippen LogP contribution in [0, 0.1) is 0 Å². The van der Waals surface area contributed by atoms with Gasteiger partial charge in [-0.2, -0.15) is 4.99 Å². The smallest absolute Gasteiger partial charge is 0.251 e. The maximum atomic E-state index is 10.2. The normalized spacial score (nSPS) is 15.6. The van der Waals surface area contributed by atoms with Crippen molar-refractivity contribution in [2.24, 2.45) is 4.99 Å². The minimum atomic E-state index is -0.0914. The van der Waals surface area contributed by atoms with Gasteiger partial charge >= 0.3 is 0 Å². The van der Waals surface area contributed by atoms with E-state index in [0.29, 0.717) is 13.0 Å². The Morgan fingerprint density at radius 2 is 2.33 bits per heavy atom. The molecule has 0 bridgehead atoms. The molecule has 52 valence electrons. The molecule has 0 aromatic carbocycles. The van der Waals surface area contributed by atoms with Gasteiger partial charge < -0.3 is 4.74 Å². The second-order valence-electron chi connectivity index (χ2n) is 1.25. The van der Waals surface area contributed by atoms with E-state index in [2.05, 4.69) is 9.73 Å². The highest BCUT2D eigenvalue weighted by Gasteiger charge is 2.00. The fourth-order valence-electron chi connectivity index (χ4n) is 0.360. The van der Waals surface area contributed by atoms with Gasteiger partial charge in [0.15, 0.2) is 6.40 Å². The highest BCUT2D eigenvalue weighted by Crippen LogP contribution is 1.90. The van der Waals surface area contributed by atoms with Crippen LogP contribution in [0.2, 0.25) is 0 Å². The van der Waals surface area contributed by atoms with Crippen molar-refractivity contribution >= 4 is 12.3 Å². The number of amides is 1. The summed E-state index contributed by atoms with van der Waals surface area (Å²) in [6.07, 6.45) is 1.61. The fourth-order valence-corrected chi connectivity index (χ4v) is 0.360. The zero-order chi connectivity index (χ0) is 7.11. The van der Waals surface area contributed by atoms with Gasteiger partial charge in [0.25, 0.3) is 5.91 Å². The summed E-state index contributed by atoms with van der Waals surface area (Å²) in [5.41, 5.74) is 0. The summed E-state index contributed by atoms with van der Waals surface area (Å²) in [4.78, 5) is 13.5. The number of hydrogen-bond acceptors (Lipinski definition) is 2. The van der Waals surface area contributed by atoms with Crippen LogP contribution in [0.4, 0.5) is 0 Å². The van der Waals surface area contributed by atoms with Gasteiger partial charge in [0, 0.05) is 0 Å². The molecule has 9 heavy (non-hydrogen) atoms. The zero-order valence-electron chi connectivity index (χ0n) is 5.76. The summed E-state index contributed by atoms with van der Waals surface area (Å²) in [7, 11) is 0. The number of aliphatic imine (C=N–C) groups is 1. The lowest BCUT2D eigenvalue weighted by Gasteiger charge is -2.00. The van der Waals surface area contributed by atoms with E-state index in [4.69, 9.17) is 0 Å². The zero-order valence-corrected chi connectivity index (χ0v) is 5.76. The Labute approximate surface area is 54.7 Å². The molecule has 0 saturated carbocycles. The number of carbonyl (C=O) groups excluding carboxylic acids is 1. The second kappa shape index (κ2) is 5.28. The van der Waals surface area contributed by atoms with E-state index in [9.17, 15) is 4.79 Å². The van der Waals surface area contributed by atoms with Crippen molar-refractivity contribution in [3.63, 3.8) is 0 Å². The van der Waals surface area contributed by atoms with Crippen molar-refractivity contribution < 1.29 is 9.53 Å². The molecule has 1 aliphatic rings. The topological polar surface area (TPSA) is 38.7 Å². The van der Waals surface area contributed by atoms with Gasteiger partial charge in [-0.15, -0.1) is 0 Å². The Balaban J connectivity index is 0.000000291. The summed E-state index contributed by atoms with van der Waals surface area (Å²) in [5.74, 6) is -0.0914. The first-order valence-electron chi connectivity index (χ1n) is 3.06. The lowest BCUT2D eigenvalue weighted by Crippen LogP contribution is -2.06. The van der Waals surface area contributed by atoms with Crippen LogP contribution in [-0.4, -0.2) is 18.9 Å². The molecule has 0 saturated heterocycles. The third-order valence-corrected chi connectivity index (χ3v) is 0.705. The Morgan fingerprint density at radius 3 is 2.56 bits per heavy atom. The molecule has 0 N–H and O–H groups in total. The predicted molar refractivity (Wildman–Crippen MR) is 35.4 cm³/mol. The van der Waals surface area contributed by atoms with E-state index in [0.717, 1.165) is 0 Å². The van der Waals surface area contributed by atoms with Gasteiger partial charge in [0.05, 0.1) is 13.0 Å². The Bertz CT molecular complexity index is 110. The van der Waals surface area contributed by atoms with Crippen LogP contribution in [0.3, 0.4) is 0 Å². The summed E-state index contributed by atoms with van der Waals surface area (Å²) < 4.78 is 4.63. The lowest BCUT2D eigenvalue weighted by atomic mass is 10.4. The van der Waals surface area contributed by atoms with Gasteiger partial charge in [-0.25, -0.2) is 0 Å². The SMILES string of the molecule is CC.O=C1CCOC=N1. The molecule has 1 heterocycles.